The number of carbonyl (C=O) groups excluding carboxylic acids is 3. The Morgan fingerprint density at radius 1 is 1.09 bits per heavy atom. The number of methoxy groups -OCH3 is 1. The van der Waals surface area contributed by atoms with Crippen LogP contribution in [0.15, 0.2) is 54.6 Å². The van der Waals surface area contributed by atoms with Crippen LogP contribution in [0, 0.1) is 5.41 Å². The van der Waals surface area contributed by atoms with E-state index >= 15 is 0 Å². The van der Waals surface area contributed by atoms with Crippen LogP contribution in [0.5, 0.6) is 11.5 Å². The number of pyridine rings is 1. The standard InChI is InChI=1S/C33H37BN4O7/c1-32(2,3)27(36-31(34)43)29(40)38-18-21(16-25(38)28(39)37-33(30(41)42)13-8-14-33)45-26-17-23(19-9-6-5-7-10-19)35-24-15-20(44-4)11-12-22(24)26/h5-7,9-12,15,17,21,25,27H,8,13-14,16,18H2,1-4H3,(H,36,43)(H,37,39)(H,41,42)/t21-,25+,27-/m1/s1. The van der Waals surface area contributed by atoms with Crippen molar-refractivity contribution in [3.05, 3.63) is 54.6 Å². The Balaban J connectivity index is 1.51. The number of nitrogens with zero attached hydrogens (tertiary/aromatic N) is 2. The normalized spacial score (nSPS) is 19.7. The van der Waals surface area contributed by atoms with Crippen LogP contribution in [0.3, 0.4) is 0 Å². The predicted molar refractivity (Wildman–Crippen MR) is 168 cm³/mol. The quantitative estimate of drug-likeness (QED) is 0.310. The van der Waals surface area contributed by atoms with Gasteiger partial charge in [-0.25, -0.2) is 9.78 Å². The first-order chi connectivity index (χ1) is 21.3. The number of benzene rings is 2. The maximum atomic E-state index is 14.0. The van der Waals surface area contributed by atoms with Crippen molar-refractivity contribution in [2.75, 3.05) is 13.7 Å². The average Bonchev–Trinajstić information content (AvgIpc) is 3.40. The molecule has 2 heterocycles. The van der Waals surface area contributed by atoms with Crippen molar-refractivity contribution >= 4 is 42.3 Å². The second kappa shape index (κ2) is 12.4. The van der Waals surface area contributed by atoms with Gasteiger partial charge >= 0.3 is 5.97 Å². The molecular weight excluding hydrogens is 575 g/mol. The van der Waals surface area contributed by atoms with Crippen molar-refractivity contribution in [2.45, 2.75) is 70.2 Å². The van der Waals surface area contributed by atoms with Gasteiger partial charge in [0.15, 0.2) is 5.81 Å². The predicted octanol–water partition coefficient (Wildman–Crippen LogP) is 3.68. The monoisotopic (exact) mass is 612 g/mol. The van der Waals surface area contributed by atoms with Gasteiger partial charge in [-0.3, -0.25) is 14.4 Å². The van der Waals surface area contributed by atoms with E-state index in [0.717, 1.165) is 5.56 Å². The molecule has 2 fully saturated rings. The van der Waals surface area contributed by atoms with E-state index < -0.39 is 52.7 Å². The SMILES string of the molecule is [B]C(=O)N[C@H](C(=O)N1C[C@H](Oc2cc(-c3ccccc3)nc3cc(OC)ccc23)C[C@H]1C(=O)NC1(C(=O)O)CCC1)C(C)(C)C. The van der Waals surface area contributed by atoms with E-state index in [4.69, 9.17) is 22.3 Å². The number of aromatic nitrogens is 1. The highest BCUT2D eigenvalue weighted by atomic mass is 16.5. The van der Waals surface area contributed by atoms with Crippen molar-refractivity contribution in [3.63, 3.8) is 0 Å². The third-order valence-electron chi connectivity index (χ3n) is 8.57. The fourth-order valence-electron chi connectivity index (χ4n) is 5.91. The van der Waals surface area contributed by atoms with Crippen molar-refractivity contribution in [3.8, 4) is 22.8 Å². The first kappa shape index (κ1) is 31.8. The summed E-state index contributed by atoms with van der Waals surface area (Å²) in [5.41, 5.74) is 0.0615. The number of nitrogens with one attached hydrogen (secondary N) is 2. The third kappa shape index (κ3) is 6.60. The fourth-order valence-corrected chi connectivity index (χ4v) is 5.91. The zero-order valence-electron chi connectivity index (χ0n) is 25.8. The summed E-state index contributed by atoms with van der Waals surface area (Å²) < 4.78 is 12.0. The molecule has 3 amide bonds. The number of ether oxygens (including phenoxy) is 2. The number of aliphatic carboxylic acids is 1. The molecule has 2 radical (unpaired) electrons. The molecule has 1 aliphatic carbocycles. The lowest BCUT2D eigenvalue weighted by atomic mass is 9.76. The van der Waals surface area contributed by atoms with Crippen molar-refractivity contribution in [1.29, 1.82) is 0 Å². The molecule has 1 aliphatic heterocycles. The molecule has 45 heavy (non-hydrogen) atoms. The van der Waals surface area contributed by atoms with Crippen molar-refractivity contribution in [2.24, 2.45) is 5.41 Å². The molecular formula is C33H37BN4O7. The fraction of sp³-hybridized carbons (Fsp3) is 0.424. The molecule has 1 saturated carbocycles. The van der Waals surface area contributed by atoms with E-state index in [1.165, 1.54) is 4.90 Å². The molecule has 0 unspecified atom stereocenters. The molecule has 5 rings (SSSR count). The lowest BCUT2D eigenvalue weighted by molar-refractivity contribution is -0.153. The van der Waals surface area contributed by atoms with Gasteiger partial charge in [-0.2, -0.15) is 0 Å². The summed E-state index contributed by atoms with van der Waals surface area (Å²) in [6.45, 7) is 5.35. The van der Waals surface area contributed by atoms with E-state index in [2.05, 4.69) is 10.6 Å². The third-order valence-corrected chi connectivity index (χ3v) is 8.57. The highest BCUT2D eigenvalue weighted by molar-refractivity contribution is 6.57. The number of carboxylic acid groups (broad SMARTS) is 1. The second-order valence-electron chi connectivity index (χ2n) is 12.8. The number of carbonyl (C=O) groups is 4. The van der Waals surface area contributed by atoms with Gasteiger partial charge in [-0.15, -0.1) is 0 Å². The number of carboxylic acids is 1. The van der Waals surface area contributed by atoms with Gasteiger partial charge in [0.1, 0.15) is 35.2 Å². The zero-order chi connectivity index (χ0) is 32.5. The van der Waals surface area contributed by atoms with Gasteiger partial charge in [0.2, 0.25) is 19.7 Å². The van der Waals surface area contributed by atoms with Crippen LogP contribution in [0.2, 0.25) is 0 Å². The summed E-state index contributed by atoms with van der Waals surface area (Å²) in [6.07, 6.45) is 0.733. The molecule has 3 atom stereocenters. The largest absolute Gasteiger partial charge is 0.497 e. The summed E-state index contributed by atoms with van der Waals surface area (Å²) in [6, 6.07) is 14.8. The van der Waals surface area contributed by atoms with Gasteiger partial charge in [-0.05, 0) is 36.8 Å². The summed E-state index contributed by atoms with van der Waals surface area (Å²) in [7, 11) is 7.00. The molecule has 2 aromatic carbocycles. The number of fused-ring (bicyclic) bond motifs is 1. The van der Waals surface area contributed by atoms with E-state index in [0.29, 0.717) is 47.4 Å². The maximum Gasteiger partial charge on any atom is 0.329 e. The Morgan fingerprint density at radius 2 is 1.80 bits per heavy atom. The minimum absolute atomic E-state index is 0.0185. The summed E-state index contributed by atoms with van der Waals surface area (Å²) in [5, 5.41) is 15.8. The van der Waals surface area contributed by atoms with Gasteiger partial charge in [0.05, 0.1) is 24.9 Å². The molecule has 1 aromatic heterocycles. The van der Waals surface area contributed by atoms with Crippen molar-refractivity contribution < 1.29 is 33.8 Å². The summed E-state index contributed by atoms with van der Waals surface area (Å²) >= 11 is 0. The van der Waals surface area contributed by atoms with E-state index in [1.807, 2.05) is 48.5 Å². The number of rotatable bonds is 9. The van der Waals surface area contributed by atoms with Crippen LogP contribution in [0.25, 0.3) is 22.2 Å². The zero-order valence-corrected chi connectivity index (χ0v) is 25.8. The molecule has 0 spiro atoms. The van der Waals surface area contributed by atoms with Gasteiger partial charge < -0.3 is 30.1 Å². The first-order valence-corrected chi connectivity index (χ1v) is 14.9. The van der Waals surface area contributed by atoms with Crippen LogP contribution in [-0.4, -0.2) is 83.8 Å². The van der Waals surface area contributed by atoms with Crippen LogP contribution in [-0.2, 0) is 14.4 Å². The Morgan fingerprint density at radius 3 is 2.38 bits per heavy atom. The smallest absolute Gasteiger partial charge is 0.329 e. The number of amides is 3. The Labute approximate surface area is 263 Å². The molecule has 0 bridgehead atoms. The highest BCUT2D eigenvalue weighted by Crippen LogP contribution is 2.36. The first-order valence-electron chi connectivity index (χ1n) is 14.9. The van der Waals surface area contributed by atoms with Crippen LogP contribution in [0.4, 0.5) is 4.79 Å². The van der Waals surface area contributed by atoms with Gasteiger partial charge in [0, 0.05) is 29.5 Å². The lowest BCUT2D eigenvalue weighted by Gasteiger charge is -2.40. The highest BCUT2D eigenvalue weighted by Gasteiger charge is 2.50. The molecule has 12 heteroatoms. The molecule has 234 valence electrons. The van der Waals surface area contributed by atoms with E-state index in [-0.39, 0.29) is 13.0 Å². The summed E-state index contributed by atoms with van der Waals surface area (Å²) in [5.74, 6) is -1.95. The molecule has 3 aromatic rings. The minimum Gasteiger partial charge on any atom is -0.497 e. The van der Waals surface area contributed by atoms with E-state index in [1.54, 1.807) is 33.9 Å². The number of likely N-dealkylation sites (tertiary alicyclic amines) is 1. The van der Waals surface area contributed by atoms with Gasteiger partial charge in [-0.1, -0.05) is 51.1 Å². The van der Waals surface area contributed by atoms with Crippen LogP contribution in [0.1, 0.15) is 46.5 Å². The Bertz CT molecular complexity index is 1620. The second-order valence-corrected chi connectivity index (χ2v) is 12.8. The Kier molecular flexibility index (Phi) is 8.78. The minimum atomic E-state index is -1.37. The molecule has 11 nitrogen and oxygen atoms in total. The van der Waals surface area contributed by atoms with Gasteiger partial charge in [0.25, 0.3) is 0 Å². The average molecular weight is 612 g/mol. The molecule has 2 aliphatic rings. The van der Waals surface area contributed by atoms with Crippen molar-refractivity contribution in [1.82, 2.24) is 20.5 Å². The maximum absolute atomic E-state index is 14.0. The Hall–Kier alpha value is -4.61. The summed E-state index contributed by atoms with van der Waals surface area (Å²) in [4.78, 5) is 57.9. The number of hydrogen-bond donors (Lipinski definition) is 3. The topological polar surface area (TPSA) is 147 Å². The van der Waals surface area contributed by atoms with E-state index in [9.17, 15) is 24.3 Å². The lowest BCUT2D eigenvalue weighted by Crippen LogP contribution is -2.63. The molecule has 1 saturated heterocycles. The number of hydrogen-bond acceptors (Lipinski definition) is 7. The van der Waals surface area contributed by atoms with Crippen LogP contribution < -0.4 is 20.1 Å². The molecule has 3 N–H and O–H groups in total. The van der Waals surface area contributed by atoms with Crippen LogP contribution >= 0.6 is 0 Å².